The second-order valence-electron chi connectivity index (χ2n) is 8.75. The van der Waals surface area contributed by atoms with Crippen molar-refractivity contribution in [3.05, 3.63) is 83.3 Å². The van der Waals surface area contributed by atoms with Crippen LogP contribution in [0.4, 0.5) is 0 Å². The van der Waals surface area contributed by atoms with Crippen LogP contribution < -0.4 is 5.32 Å². The second kappa shape index (κ2) is 10.0. The fourth-order valence-corrected chi connectivity index (χ4v) is 4.80. The Bertz CT molecular complexity index is 1100. The van der Waals surface area contributed by atoms with Crippen molar-refractivity contribution in [1.29, 1.82) is 0 Å². The molecular weight excluding hydrogens is 412 g/mol. The van der Waals surface area contributed by atoms with Gasteiger partial charge >= 0.3 is 0 Å². The number of nitrogens with one attached hydrogen (secondary N) is 1. The van der Waals surface area contributed by atoms with Crippen LogP contribution in [0.3, 0.4) is 0 Å². The maximum Gasteiger partial charge on any atom is 0.253 e. The lowest BCUT2D eigenvalue weighted by atomic mass is 9.93. The lowest BCUT2D eigenvalue weighted by Gasteiger charge is -2.34. The zero-order valence-electron chi connectivity index (χ0n) is 19.6. The molecule has 6 heteroatoms. The highest BCUT2D eigenvalue weighted by molar-refractivity contribution is 5.96. The van der Waals surface area contributed by atoms with Gasteiger partial charge in [0, 0.05) is 36.7 Å². The predicted molar refractivity (Wildman–Crippen MR) is 130 cm³/mol. The van der Waals surface area contributed by atoms with E-state index in [0.29, 0.717) is 18.7 Å². The van der Waals surface area contributed by atoms with Gasteiger partial charge in [0.25, 0.3) is 5.91 Å². The van der Waals surface area contributed by atoms with Gasteiger partial charge in [-0.3, -0.25) is 9.59 Å². The van der Waals surface area contributed by atoms with Crippen molar-refractivity contribution in [2.24, 2.45) is 0 Å². The topological polar surface area (TPSA) is 67.2 Å². The minimum absolute atomic E-state index is 0.0641. The average Bonchev–Trinajstić information content (AvgIpc) is 3.15. The summed E-state index contributed by atoms with van der Waals surface area (Å²) < 4.78 is 2.00. The minimum Gasteiger partial charge on any atom is -0.349 e. The maximum absolute atomic E-state index is 13.1. The highest BCUT2D eigenvalue weighted by Gasteiger charge is 2.29. The van der Waals surface area contributed by atoms with Crippen molar-refractivity contribution in [3.63, 3.8) is 0 Å². The van der Waals surface area contributed by atoms with E-state index in [-0.39, 0.29) is 23.8 Å². The van der Waals surface area contributed by atoms with Gasteiger partial charge in [-0.2, -0.15) is 0 Å². The van der Waals surface area contributed by atoms with Gasteiger partial charge in [-0.15, -0.1) is 0 Å². The van der Waals surface area contributed by atoms with E-state index in [4.69, 9.17) is 0 Å². The molecule has 0 spiro atoms. The van der Waals surface area contributed by atoms with Crippen molar-refractivity contribution in [2.45, 2.75) is 52.0 Å². The summed E-state index contributed by atoms with van der Waals surface area (Å²) in [4.78, 5) is 32.6. The SMILES string of the molecule is CCC(C(=O)N1CCC(NC(=O)c2cc(C)n(-c3ccccn3)c2C)CC1)c1ccccc1. The van der Waals surface area contributed by atoms with E-state index in [2.05, 4.69) is 17.2 Å². The number of nitrogens with zero attached hydrogens (tertiary/aromatic N) is 3. The molecule has 4 rings (SSSR count). The van der Waals surface area contributed by atoms with Crippen LogP contribution in [0.25, 0.3) is 5.82 Å². The molecule has 1 aliphatic heterocycles. The molecule has 33 heavy (non-hydrogen) atoms. The van der Waals surface area contributed by atoms with E-state index < -0.39 is 0 Å². The van der Waals surface area contributed by atoms with Gasteiger partial charge in [0.15, 0.2) is 0 Å². The summed E-state index contributed by atoms with van der Waals surface area (Å²) in [6.07, 6.45) is 4.07. The first-order chi connectivity index (χ1) is 16.0. The molecule has 1 unspecified atom stereocenters. The zero-order valence-corrected chi connectivity index (χ0v) is 19.6. The Hall–Kier alpha value is -3.41. The van der Waals surface area contributed by atoms with Crippen LogP contribution in [0.1, 0.15) is 59.4 Å². The number of piperidine rings is 1. The third-order valence-corrected chi connectivity index (χ3v) is 6.60. The Labute approximate surface area is 195 Å². The fraction of sp³-hybridized carbons (Fsp3) is 0.370. The molecule has 0 aliphatic carbocycles. The van der Waals surface area contributed by atoms with Crippen LogP contribution in [0.5, 0.6) is 0 Å². The number of carbonyl (C=O) groups excluding carboxylic acids is 2. The number of hydrogen-bond acceptors (Lipinski definition) is 3. The monoisotopic (exact) mass is 444 g/mol. The van der Waals surface area contributed by atoms with Crippen LogP contribution in [0.15, 0.2) is 60.8 Å². The molecular formula is C27H32N4O2. The van der Waals surface area contributed by atoms with Gasteiger partial charge in [0.1, 0.15) is 5.82 Å². The Balaban J connectivity index is 1.38. The number of aryl methyl sites for hydroxylation is 1. The summed E-state index contributed by atoms with van der Waals surface area (Å²) >= 11 is 0. The van der Waals surface area contributed by atoms with Gasteiger partial charge in [-0.25, -0.2) is 4.98 Å². The Morgan fingerprint density at radius 2 is 1.76 bits per heavy atom. The molecule has 0 saturated carbocycles. The van der Waals surface area contributed by atoms with Gasteiger partial charge in [0.05, 0.1) is 11.5 Å². The molecule has 0 bridgehead atoms. The number of likely N-dealkylation sites (tertiary alicyclic amines) is 1. The molecule has 1 saturated heterocycles. The summed E-state index contributed by atoms with van der Waals surface area (Å²) in [7, 11) is 0. The van der Waals surface area contributed by atoms with Crippen LogP contribution in [0, 0.1) is 13.8 Å². The first kappa shape index (κ1) is 22.8. The summed E-state index contributed by atoms with van der Waals surface area (Å²) in [6.45, 7) is 7.33. The molecule has 0 radical (unpaired) electrons. The van der Waals surface area contributed by atoms with Crippen molar-refractivity contribution >= 4 is 11.8 Å². The van der Waals surface area contributed by atoms with E-state index in [1.165, 1.54) is 0 Å². The van der Waals surface area contributed by atoms with Crippen LogP contribution in [0.2, 0.25) is 0 Å². The first-order valence-electron chi connectivity index (χ1n) is 11.7. The van der Waals surface area contributed by atoms with Crippen LogP contribution >= 0.6 is 0 Å². The van der Waals surface area contributed by atoms with Gasteiger partial charge in [0.2, 0.25) is 5.91 Å². The van der Waals surface area contributed by atoms with Gasteiger partial charge in [-0.05, 0) is 56.9 Å². The summed E-state index contributed by atoms with van der Waals surface area (Å²) in [5.41, 5.74) is 3.60. The molecule has 1 atom stereocenters. The summed E-state index contributed by atoms with van der Waals surface area (Å²) in [5.74, 6) is 0.828. The molecule has 6 nitrogen and oxygen atoms in total. The summed E-state index contributed by atoms with van der Waals surface area (Å²) in [5, 5.41) is 3.19. The largest absolute Gasteiger partial charge is 0.349 e. The van der Waals surface area contributed by atoms with E-state index in [9.17, 15) is 9.59 Å². The number of carbonyl (C=O) groups is 2. The highest BCUT2D eigenvalue weighted by Crippen LogP contribution is 2.25. The van der Waals surface area contributed by atoms with E-state index in [1.54, 1.807) is 6.20 Å². The minimum atomic E-state index is -0.102. The highest BCUT2D eigenvalue weighted by atomic mass is 16.2. The standard InChI is InChI=1S/C27H32N4O2/c1-4-23(21-10-6-5-7-11-21)27(33)30-16-13-22(14-17-30)29-26(32)24-18-19(2)31(20(24)3)25-12-8-9-15-28-25/h5-12,15,18,22-23H,4,13-14,16-17H2,1-3H3,(H,29,32). The average molecular weight is 445 g/mol. The van der Waals surface area contributed by atoms with Gasteiger partial charge in [-0.1, -0.05) is 43.3 Å². The van der Waals surface area contributed by atoms with Crippen molar-refractivity contribution in [1.82, 2.24) is 19.8 Å². The molecule has 1 fully saturated rings. The van der Waals surface area contributed by atoms with E-state index in [0.717, 1.165) is 42.0 Å². The normalized spacial score (nSPS) is 15.3. The number of amides is 2. The Morgan fingerprint density at radius 3 is 2.39 bits per heavy atom. The molecule has 2 aromatic heterocycles. The molecule has 172 valence electrons. The molecule has 1 N–H and O–H groups in total. The maximum atomic E-state index is 13.1. The molecule has 3 aromatic rings. The fourth-order valence-electron chi connectivity index (χ4n) is 4.80. The van der Waals surface area contributed by atoms with Crippen LogP contribution in [-0.4, -0.2) is 45.4 Å². The predicted octanol–water partition coefficient (Wildman–Crippen LogP) is 4.40. The smallest absolute Gasteiger partial charge is 0.253 e. The number of pyridine rings is 1. The van der Waals surface area contributed by atoms with Crippen molar-refractivity contribution in [3.8, 4) is 5.82 Å². The quantitative estimate of drug-likeness (QED) is 0.613. The third kappa shape index (κ3) is 4.85. The third-order valence-electron chi connectivity index (χ3n) is 6.60. The number of aromatic nitrogens is 2. The molecule has 3 heterocycles. The van der Waals surface area contributed by atoms with Crippen molar-refractivity contribution < 1.29 is 9.59 Å². The number of rotatable bonds is 6. The second-order valence-corrected chi connectivity index (χ2v) is 8.75. The Kier molecular flexibility index (Phi) is 6.92. The lowest BCUT2D eigenvalue weighted by molar-refractivity contribution is -0.134. The first-order valence-corrected chi connectivity index (χ1v) is 11.7. The lowest BCUT2D eigenvalue weighted by Crippen LogP contribution is -2.47. The van der Waals surface area contributed by atoms with Crippen LogP contribution in [-0.2, 0) is 4.79 Å². The summed E-state index contributed by atoms with van der Waals surface area (Å²) in [6, 6.07) is 17.7. The number of benzene rings is 1. The van der Waals surface area contributed by atoms with E-state index in [1.807, 2.05) is 77.9 Å². The number of hydrogen-bond donors (Lipinski definition) is 1. The van der Waals surface area contributed by atoms with E-state index >= 15 is 0 Å². The Morgan fingerprint density at radius 1 is 1.06 bits per heavy atom. The molecule has 2 amide bonds. The van der Waals surface area contributed by atoms with Gasteiger partial charge < -0.3 is 14.8 Å². The zero-order chi connectivity index (χ0) is 23.4. The molecule has 1 aromatic carbocycles. The molecule has 1 aliphatic rings. The van der Waals surface area contributed by atoms with Crippen molar-refractivity contribution in [2.75, 3.05) is 13.1 Å².